The van der Waals surface area contributed by atoms with Crippen molar-refractivity contribution in [1.29, 1.82) is 0 Å². The van der Waals surface area contributed by atoms with E-state index >= 15 is 0 Å². The summed E-state index contributed by atoms with van der Waals surface area (Å²) in [6.07, 6.45) is 2.81. The van der Waals surface area contributed by atoms with Gasteiger partial charge in [-0.2, -0.15) is 0 Å². The summed E-state index contributed by atoms with van der Waals surface area (Å²) in [5.41, 5.74) is 0.488. The van der Waals surface area contributed by atoms with Crippen LogP contribution in [-0.4, -0.2) is 24.3 Å². The highest BCUT2D eigenvalue weighted by Gasteiger charge is 2.03. The predicted octanol–water partition coefficient (Wildman–Crippen LogP) is 2.82. The van der Waals surface area contributed by atoms with Crippen molar-refractivity contribution >= 4 is 5.97 Å². The highest BCUT2D eigenvalue weighted by Crippen LogP contribution is 2.17. The number of hydrogen-bond donors (Lipinski definition) is 1. The summed E-state index contributed by atoms with van der Waals surface area (Å²) in [6.45, 7) is 2.44. The van der Waals surface area contributed by atoms with Gasteiger partial charge in [0, 0.05) is 12.5 Å². The quantitative estimate of drug-likeness (QED) is 0.559. The Morgan fingerprint density at radius 2 is 2.05 bits per heavy atom. The van der Waals surface area contributed by atoms with E-state index in [1.165, 1.54) is 12.1 Å². The first-order valence-electron chi connectivity index (χ1n) is 6.84. The van der Waals surface area contributed by atoms with Crippen LogP contribution in [0.2, 0.25) is 0 Å². The molecule has 1 rings (SSSR count). The standard InChI is InChI=1S/C15H21FO4/c1-2-19-15(18)6-4-3-5-7-20-14-9-12(11-17)8-13(16)10-14/h8-10,17H,2-7,11H2,1H3. The van der Waals surface area contributed by atoms with E-state index in [0.29, 0.717) is 30.9 Å². The lowest BCUT2D eigenvalue weighted by atomic mass is 10.2. The van der Waals surface area contributed by atoms with Crippen molar-refractivity contribution in [3.05, 3.63) is 29.6 Å². The Morgan fingerprint density at radius 3 is 2.75 bits per heavy atom. The predicted molar refractivity (Wildman–Crippen MR) is 72.9 cm³/mol. The Morgan fingerprint density at radius 1 is 1.25 bits per heavy atom. The van der Waals surface area contributed by atoms with Gasteiger partial charge in [-0.3, -0.25) is 4.79 Å². The third-order valence-corrected chi connectivity index (χ3v) is 2.71. The number of aliphatic hydroxyl groups is 1. The zero-order valence-electron chi connectivity index (χ0n) is 11.7. The summed E-state index contributed by atoms with van der Waals surface area (Å²) < 4.78 is 23.4. The van der Waals surface area contributed by atoms with Crippen LogP contribution in [0.4, 0.5) is 4.39 Å². The van der Waals surface area contributed by atoms with Crippen LogP contribution in [0.1, 0.15) is 38.2 Å². The third kappa shape index (κ3) is 6.52. The topological polar surface area (TPSA) is 55.8 Å². The second-order valence-corrected chi connectivity index (χ2v) is 4.42. The first kappa shape index (κ1) is 16.4. The molecule has 0 amide bonds. The molecule has 112 valence electrons. The molecule has 20 heavy (non-hydrogen) atoms. The normalized spacial score (nSPS) is 10.3. The fourth-order valence-corrected chi connectivity index (χ4v) is 1.77. The lowest BCUT2D eigenvalue weighted by Crippen LogP contribution is -2.04. The fraction of sp³-hybridized carbons (Fsp3) is 0.533. The number of ether oxygens (including phenoxy) is 2. The molecular weight excluding hydrogens is 263 g/mol. The minimum absolute atomic E-state index is 0.175. The Balaban J connectivity index is 2.18. The van der Waals surface area contributed by atoms with E-state index in [9.17, 15) is 9.18 Å². The van der Waals surface area contributed by atoms with Gasteiger partial charge in [0.1, 0.15) is 11.6 Å². The smallest absolute Gasteiger partial charge is 0.305 e. The van der Waals surface area contributed by atoms with Crippen molar-refractivity contribution in [1.82, 2.24) is 0 Å². The van der Waals surface area contributed by atoms with Crippen molar-refractivity contribution < 1.29 is 23.8 Å². The number of carbonyl (C=O) groups is 1. The second kappa shape index (κ2) is 9.31. The van der Waals surface area contributed by atoms with Gasteiger partial charge in [-0.05, 0) is 43.9 Å². The van der Waals surface area contributed by atoms with Crippen LogP contribution < -0.4 is 4.74 Å². The molecule has 0 aliphatic heterocycles. The third-order valence-electron chi connectivity index (χ3n) is 2.71. The van der Waals surface area contributed by atoms with Crippen molar-refractivity contribution in [2.75, 3.05) is 13.2 Å². The highest BCUT2D eigenvalue weighted by molar-refractivity contribution is 5.69. The number of esters is 1. The number of halogens is 1. The van der Waals surface area contributed by atoms with Crippen LogP contribution >= 0.6 is 0 Å². The van der Waals surface area contributed by atoms with Gasteiger partial charge in [0.05, 0.1) is 19.8 Å². The van der Waals surface area contributed by atoms with Crippen LogP contribution in [0.25, 0.3) is 0 Å². The Labute approximate surface area is 118 Å². The number of aliphatic hydroxyl groups excluding tert-OH is 1. The second-order valence-electron chi connectivity index (χ2n) is 4.42. The van der Waals surface area contributed by atoms with Crippen LogP contribution in [0.5, 0.6) is 5.75 Å². The average Bonchev–Trinajstić information content (AvgIpc) is 2.42. The zero-order valence-corrected chi connectivity index (χ0v) is 11.7. The number of benzene rings is 1. The molecule has 0 atom stereocenters. The number of unbranched alkanes of at least 4 members (excludes halogenated alkanes) is 2. The van der Waals surface area contributed by atoms with Crippen LogP contribution in [0.15, 0.2) is 18.2 Å². The highest BCUT2D eigenvalue weighted by atomic mass is 19.1. The molecule has 0 saturated heterocycles. The summed E-state index contributed by atoms with van der Waals surface area (Å²) >= 11 is 0. The summed E-state index contributed by atoms with van der Waals surface area (Å²) in [5, 5.41) is 8.96. The van der Waals surface area contributed by atoms with Crippen LogP contribution in [0, 0.1) is 5.82 Å². The largest absolute Gasteiger partial charge is 0.493 e. The minimum Gasteiger partial charge on any atom is -0.493 e. The van der Waals surface area contributed by atoms with E-state index in [2.05, 4.69) is 0 Å². The number of carbonyl (C=O) groups excluding carboxylic acids is 1. The number of rotatable bonds is 9. The summed E-state index contributed by atoms with van der Waals surface area (Å²) in [5.74, 6) is -0.181. The molecule has 0 heterocycles. The molecule has 5 heteroatoms. The van der Waals surface area contributed by atoms with E-state index in [0.717, 1.165) is 19.3 Å². The van der Waals surface area contributed by atoms with E-state index in [4.69, 9.17) is 14.6 Å². The molecule has 1 aromatic rings. The van der Waals surface area contributed by atoms with Crippen molar-refractivity contribution in [2.24, 2.45) is 0 Å². The van der Waals surface area contributed by atoms with E-state index in [1.807, 2.05) is 0 Å². The van der Waals surface area contributed by atoms with Gasteiger partial charge in [0.2, 0.25) is 0 Å². The monoisotopic (exact) mass is 284 g/mol. The lowest BCUT2D eigenvalue weighted by molar-refractivity contribution is -0.143. The van der Waals surface area contributed by atoms with Crippen LogP contribution in [-0.2, 0) is 16.1 Å². The summed E-state index contributed by atoms with van der Waals surface area (Å²) in [6, 6.07) is 4.17. The molecule has 1 N–H and O–H groups in total. The fourth-order valence-electron chi connectivity index (χ4n) is 1.77. The minimum atomic E-state index is -0.422. The van der Waals surface area contributed by atoms with Crippen LogP contribution in [0.3, 0.4) is 0 Å². The van der Waals surface area contributed by atoms with Gasteiger partial charge in [-0.15, -0.1) is 0 Å². The molecule has 0 aliphatic rings. The maximum Gasteiger partial charge on any atom is 0.305 e. The SMILES string of the molecule is CCOC(=O)CCCCCOc1cc(F)cc(CO)c1. The Kier molecular flexibility index (Phi) is 7.65. The molecule has 0 aliphatic carbocycles. The maximum atomic E-state index is 13.2. The van der Waals surface area contributed by atoms with Crippen molar-refractivity contribution in [3.63, 3.8) is 0 Å². The molecule has 0 radical (unpaired) electrons. The molecule has 0 spiro atoms. The first-order chi connectivity index (χ1) is 9.65. The van der Waals surface area contributed by atoms with E-state index < -0.39 is 5.82 Å². The molecule has 4 nitrogen and oxygen atoms in total. The molecule has 1 aromatic carbocycles. The maximum absolute atomic E-state index is 13.2. The van der Waals surface area contributed by atoms with Gasteiger partial charge in [0.15, 0.2) is 0 Å². The van der Waals surface area contributed by atoms with Gasteiger partial charge < -0.3 is 14.6 Å². The molecule has 0 fully saturated rings. The number of hydrogen-bond acceptors (Lipinski definition) is 4. The van der Waals surface area contributed by atoms with Gasteiger partial charge in [0.25, 0.3) is 0 Å². The zero-order chi connectivity index (χ0) is 14.8. The Hall–Kier alpha value is -1.62. The average molecular weight is 284 g/mol. The molecule has 0 unspecified atom stereocenters. The van der Waals surface area contributed by atoms with E-state index in [-0.39, 0.29) is 12.6 Å². The molecule has 0 aromatic heterocycles. The summed E-state index contributed by atoms with van der Waals surface area (Å²) in [7, 11) is 0. The molecule has 0 saturated carbocycles. The van der Waals surface area contributed by atoms with E-state index in [1.54, 1.807) is 13.0 Å². The Bertz CT molecular complexity index is 420. The first-order valence-corrected chi connectivity index (χ1v) is 6.84. The van der Waals surface area contributed by atoms with Gasteiger partial charge in [-0.25, -0.2) is 4.39 Å². The molecular formula is C15H21FO4. The van der Waals surface area contributed by atoms with Gasteiger partial charge >= 0.3 is 5.97 Å². The van der Waals surface area contributed by atoms with Crippen molar-refractivity contribution in [2.45, 2.75) is 39.2 Å². The van der Waals surface area contributed by atoms with Crippen molar-refractivity contribution in [3.8, 4) is 5.75 Å². The molecule has 0 bridgehead atoms. The lowest BCUT2D eigenvalue weighted by Gasteiger charge is -2.08. The van der Waals surface area contributed by atoms with Gasteiger partial charge in [-0.1, -0.05) is 0 Å². The summed E-state index contributed by atoms with van der Waals surface area (Å²) in [4.78, 5) is 11.1.